The molecule has 0 saturated carbocycles. The summed E-state index contributed by atoms with van der Waals surface area (Å²) in [5.74, 6) is 0.420. The number of nitrogens with one attached hydrogen (secondary N) is 3. The summed E-state index contributed by atoms with van der Waals surface area (Å²) < 4.78 is 0. The van der Waals surface area contributed by atoms with E-state index in [-0.39, 0.29) is 5.91 Å². The van der Waals surface area contributed by atoms with Crippen molar-refractivity contribution in [3.8, 4) is 0 Å². The number of para-hydroxylation sites is 1. The molecule has 0 atom stereocenters. The fourth-order valence-electron chi connectivity index (χ4n) is 3.19. The molecule has 6 nitrogen and oxygen atoms in total. The van der Waals surface area contributed by atoms with Gasteiger partial charge >= 0.3 is 0 Å². The maximum atomic E-state index is 12.3. The van der Waals surface area contributed by atoms with E-state index < -0.39 is 0 Å². The summed E-state index contributed by atoms with van der Waals surface area (Å²) in [5, 5.41) is 15.5. The molecule has 1 amide bonds. The zero-order valence-electron chi connectivity index (χ0n) is 16.3. The molecule has 29 heavy (non-hydrogen) atoms. The second-order valence-electron chi connectivity index (χ2n) is 7.01. The lowest BCUT2D eigenvalue weighted by Gasteiger charge is -2.07. The fourth-order valence-corrected chi connectivity index (χ4v) is 3.19. The van der Waals surface area contributed by atoms with Crippen LogP contribution in [0.4, 0.5) is 5.82 Å². The lowest BCUT2D eigenvalue weighted by atomic mass is 10.1. The van der Waals surface area contributed by atoms with Crippen molar-refractivity contribution in [2.75, 3.05) is 11.9 Å². The quantitative estimate of drug-likeness (QED) is 0.451. The molecule has 0 aliphatic heterocycles. The Hall–Kier alpha value is -3.67. The molecule has 0 saturated heterocycles. The third-order valence-electron chi connectivity index (χ3n) is 4.85. The number of aromatic amines is 1. The smallest absolute Gasteiger partial charge is 0.272 e. The number of carbonyl (C=O) groups is 1. The van der Waals surface area contributed by atoms with Crippen LogP contribution in [-0.2, 0) is 13.0 Å². The number of fused-ring (bicyclic) bond motifs is 1. The number of aromatic nitrogens is 3. The van der Waals surface area contributed by atoms with E-state index in [1.54, 1.807) is 12.1 Å². The van der Waals surface area contributed by atoms with E-state index in [4.69, 9.17) is 0 Å². The Morgan fingerprint density at radius 3 is 2.62 bits per heavy atom. The molecule has 2 heterocycles. The first-order valence-corrected chi connectivity index (χ1v) is 9.65. The summed E-state index contributed by atoms with van der Waals surface area (Å²) in [6, 6.07) is 19.8. The Morgan fingerprint density at radius 2 is 1.83 bits per heavy atom. The highest BCUT2D eigenvalue weighted by atomic mass is 16.1. The zero-order chi connectivity index (χ0) is 20.1. The van der Waals surface area contributed by atoms with Gasteiger partial charge in [-0.05, 0) is 42.7 Å². The number of amides is 1. The molecule has 4 rings (SSSR count). The van der Waals surface area contributed by atoms with Gasteiger partial charge in [0, 0.05) is 30.2 Å². The van der Waals surface area contributed by atoms with E-state index in [0.29, 0.717) is 18.1 Å². The van der Waals surface area contributed by atoms with Gasteiger partial charge in [0.05, 0.1) is 0 Å². The van der Waals surface area contributed by atoms with Crippen LogP contribution in [0.5, 0.6) is 0 Å². The van der Waals surface area contributed by atoms with E-state index in [9.17, 15) is 4.79 Å². The summed E-state index contributed by atoms with van der Waals surface area (Å²) >= 11 is 0. The summed E-state index contributed by atoms with van der Waals surface area (Å²) in [5.41, 5.74) is 4.95. The first-order chi connectivity index (χ1) is 14.2. The average molecular weight is 385 g/mol. The zero-order valence-corrected chi connectivity index (χ0v) is 16.3. The molecule has 6 heteroatoms. The molecule has 0 bridgehead atoms. The molecule has 2 aromatic carbocycles. The van der Waals surface area contributed by atoms with Gasteiger partial charge in [-0.1, -0.05) is 48.0 Å². The number of benzene rings is 2. The second-order valence-corrected chi connectivity index (χ2v) is 7.01. The third-order valence-corrected chi connectivity index (χ3v) is 4.85. The summed E-state index contributed by atoms with van der Waals surface area (Å²) in [6.07, 6.45) is 2.91. The van der Waals surface area contributed by atoms with Gasteiger partial charge in [0.25, 0.3) is 5.91 Å². The van der Waals surface area contributed by atoms with Crippen LogP contribution in [0, 0.1) is 6.92 Å². The molecule has 0 radical (unpaired) electrons. The predicted molar refractivity (Wildman–Crippen MR) is 115 cm³/mol. The highest BCUT2D eigenvalue weighted by Gasteiger charge is 2.08. The second kappa shape index (κ2) is 8.56. The molecular weight excluding hydrogens is 362 g/mol. The van der Waals surface area contributed by atoms with Crippen LogP contribution in [0.2, 0.25) is 0 Å². The van der Waals surface area contributed by atoms with Crippen molar-refractivity contribution in [1.29, 1.82) is 0 Å². The maximum absolute atomic E-state index is 12.3. The standard InChI is InChI=1S/C23H23N5O/c1-16-6-8-17(9-7-16)14-26-23(29)21-10-11-22(28-27-21)24-13-12-18-15-25-20-5-3-2-4-19(18)20/h2-11,15,25H,12-14H2,1H3,(H,24,28)(H,26,29). The molecule has 0 fully saturated rings. The van der Waals surface area contributed by atoms with Gasteiger partial charge in [-0.25, -0.2) is 0 Å². The monoisotopic (exact) mass is 385 g/mol. The number of H-pyrrole nitrogens is 1. The molecule has 0 aliphatic rings. The fraction of sp³-hybridized carbons (Fsp3) is 0.174. The topological polar surface area (TPSA) is 82.7 Å². The average Bonchev–Trinajstić information content (AvgIpc) is 3.17. The summed E-state index contributed by atoms with van der Waals surface area (Å²) in [4.78, 5) is 15.5. The van der Waals surface area contributed by atoms with Crippen LogP contribution in [-0.4, -0.2) is 27.6 Å². The SMILES string of the molecule is Cc1ccc(CNC(=O)c2ccc(NCCc3c[nH]c4ccccc34)nn2)cc1. The van der Waals surface area contributed by atoms with E-state index in [0.717, 1.165) is 24.0 Å². The van der Waals surface area contributed by atoms with Gasteiger partial charge in [-0.3, -0.25) is 4.79 Å². The van der Waals surface area contributed by atoms with Crippen molar-refractivity contribution in [2.24, 2.45) is 0 Å². The van der Waals surface area contributed by atoms with Gasteiger partial charge in [0.2, 0.25) is 0 Å². The Bertz CT molecular complexity index is 1100. The summed E-state index contributed by atoms with van der Waals surface area (Å²) in [7, 11) is 0. The van der Waals surface area contributed by atoms with Crippen LogP contribution in [0.15, 0.2) is 66.9 Å². The predicted octanol–water partition coefficient (Wildman–Crippen LogP) is 3.85. The van der Waals surface area contributed by atoms with Crippen molar-refractivity contribution < 1.29 is 4.79 Å². The van der Waals surface area contributed by atoms with Crippen LogP contribution in [0.1, 0.15) is 27.2 Å². The van der Waals surface area contributed by atoms with Crippen LogP contribution in [0.3, 0.4) is 0 Å². The van der Waals surface area contributed by atoms with Crippen molar-refractivity contribution in [3.05, 3.63) is 89.2 Å². The lowest BCUT2D eigenvalue weighted by molar-refractivity contribution is 0.0945. The minimum Gasteiger partial charge on any atom is -0.368 e. The highest BCUT2D eigenvalue weighted by Crippen LogP contribution is 2.18. The minimum absolute atomic E-state index is 0.233. The Balaban J connectivity index is 1.28. The van der Waals surface area contributed by atoms with Crippen molar-refractivity contribution in [1.82, 2.24) is 20.5 Å². The van der Waals surface area contributed by atoms with Gasteiger partial charge in [-0.15, -0.1) is 10.2 Å². The van der Waals surface area contributed by atoms with E-state index in [2.05, 4.69) is 37.9 Å². The Labute approximate surface area is 169 Å². The van der Waals surface area contributed by atoms with Gasteiger partial charge < -0.3 is 15.6 Å². The molecule has 0 unspecified atom stereocenters. The van der Waals surface area contributed by atoms with Crippen molar-refractivity contribution in [2.45, 2.75) is 19.9 Å². The Morgan fingerprint density at radius 1 is 1.00 bits per heavy atom. The summed E-state index contributed by atoms with van der Waals surface area (Å²) in [6.45, 7) is 3.23. The maximum Gasteiger partial charge on any atom is 0.272 e. The van der Waals surface area contributed by atoms with Crippen LogP contribution < -0.4 is 10.6 Å². The number of hydrogen-bond acceptors (Lipinski definition) is 4. The number of carbonyl (C=O) groups excluding carboxylic acids is 1. The van der Waals surface area contributed by atoms with Gasteiger partial charge in [-0.2, -0.15) is 0 Å². The normalized spacial score (nSPS) is 10.8. The largest absolute Gasteiger partial charge is 0.368 e. The first-order valence-electron chi connectivity index (χ1n) is 9.65. The number of rotatable bonds is 7. The van der Waals surface area contributed by atoms with Crippen LogP contribution in [0.25, 0.3) is 10.9 Å². The third kappa shape index (κ3) is 4.60. The number of aryl methyl sites for hydroxylation is 1. The van der Waals surface area contributed by atoms with Gasteiger partial charge in [0.15, 0.2) is 5.69 Å². The highest BCUT2D eigenvalue weighted by molar-refractivity contribution is 5.92. The molecule has 3 N–H and O–H groups in total. The first kappa shape index (κ1) is 18.7. The number of hydrogen-bond donors (Lipinski definition) is 3. The van der Waals surface area contributed by atoms with Crippen molar-refractivity contribution >= 4 is 22.6 Å². The van der Waals surface area contributed by atoms with E-state index >= 15 is 0 Å². The molecule has 0 aliphatic carbocycles. The lowest BCUT2D eigenvalue weighted by Crippen LogP contribution is -2.24. The van der Waals surface area contributed by atoms with Crippen molar-refractivity contribution in [3.63, 3.8) is 0 Å². The Kier molecular flexibility index (Phi) is 5.52. The molecule has 4 aromatic rings. The molecule has 2 aromatic heterocycles. The number of nitrogens with zero attached hydrogens (tertiary/aromatic N) is 2. The molecular formula is C23H23N5O. The molecule has 0 spiro atoms. The van der Waals surface area contributed by atoms with Crippen LogP contribution >= 0.6 is 0 Å². The van der Waals surface area contributed by atoms with E-state index in [1.165, 1.54) is 16.5 Å². The minimum atomic E-state index is -0.233. The van der Waals surface area contributed by atoms with E-state index in [1.807, 2.05) is 49.5 Å². The molecule has 146 valence electrons. The van der Waals surface area contributed by atoms with Gasteiger partial charge in [0.1, 0.15) is 5.82 Å². The number of anilines is 1.